The maximum atomic E-state index is 5.86. The van der Waals surface area contributed by atoms with Gasteiger partial charge in [-0.3, -0.25) is 0 Å². The Morgan fingerprint density at radius 3 is 2.53 bits per heavy atom. The molecule has 2 rings (SSSR count). The fraction of sp³-hybridized carbons (Fsp3) is 0.231. The molecule has 1 aromatic heterocycles. The molecule has 1 aromatic carbocycles. The summed E-state index contributed by atoms with van der Waals surface area (Å²) >= 11 is 6.52. The van der Waals surface area contributed by atoms with Crippen LogP contribution in [0.1, 0.15) is 18.2 Å². The van der Waals surface area contributed by atoms with Crippen molar-refractivity contribution in [2.75, 3.05) is 5.75 Å². The predicted molar refractivity (Wildman–Crippen MR) is 89.8 cm³/mol. The molecule has 0 bridgehead atoms. The van der Waals surface area contributed by atoms with Crippen LogP contribution in [0.5, 0.6) is 0 Å². The summed E-state index contributed by atoms with van der Waals surface area (Å²) < 4.78 is 8.14. The molecule has 0 N–H and O–H groups in total. The minimum Gasteiger partial charge on any atom is -0.453 e. The van der Waals surface area contributed by atoms with Crippen molar-refractivity contribution >= 4 is 56.9 Å². The van der Waals surface area contributed by atoms with Crippen molar-refractivity contribution in [1.29, 1.82) is 0 Å². The lowest BCUT2D eigenvalue weighted by Crippen LogP contribution is -1.87. The number of rotatable bonds is 4. The summed E-state index contributed by atoms with van der Waals surface area (Å²) in [6, 6.07) is 10.4. The molecule has 0 aliphatic rings. The van der Waals surface area contributed by atoms with Gasteiger partial charge >= 0.3 is 0 Å². The summed E-state index contributed by atoms with van der Waals surface area (Å²) in [5.74, 6) is 2.16. The van der Waals surface area contributed by atoms with Crippen molar-refractivity contribution in [2.45, 2.75) is 18.2 Å². The van der Waals surface area contributed by atoms with E-state index in [1.165, 1.54) is 14.0 Å². The molecule has 4 heteroatoms. The second-order valence-corrected chi connectivity index (χ2v) is 6.87. The maximum absolute atomic E-state index is 5.86. The third-order valence-electron chi connectivity index (χ3n) is 2.33. The van der Waals surface area contributed by atoms with Gasteiger partial charge in [0.05, 0.1) is 8.47 Å². The molecule has 2 aromatic rings. The van der Waals surface area contributed by atoms with Gasteiger partial charge in [-0.25, -0.2) is 0 Å². The molecule has 1 heterocycles. The molecule has 0 aliphatic heterocycles. The average Bonchev–Trinajstić information content (AvgIpc) is 2.59. The van der Waals surface area contributed by atoms with Gasteiger partial charge in [0, 0.05) is 29.0 Å². The van der Waals surface area contributed by atoms with Crippen molar-refractivity contribution in [1.82, 2.24) is 0 Å². The van der Waals surface area contributed by atoms with Crippen molar-refractivity contribution in [2.24, 2.45) is 0 Å². The zero-order valence-corrected chi connectivity index (χ0v) is 14.5. The summed E-state index contributed by atoms with van der Waals surface area (Å²) in [5.41, 5.74) is 1.30. The van der Waals surface area contributed by atoms with E-state index in [0.717, 1.165) is 21.7 Å². The molecule has 0 radical (unpaired) electrons. The molecule has 1 nitrogen and oxygen atoms in total. The molecule has 90 valence electrons. The van der Waals surface area contributed by atoms with Gasteiger partial charge in [0.25, 0.3) is 0 Å². The minimum atomic E-state index is 0.874. The van der Waals surface area contributed by atoms with Crippen LogP contribution in [0.4, 0.5) is 0 Å². The van der Waals surface area contributed by atoms with E-state index in [0.29, 0.717) is 0 Å². The molecule has 0 saturated heterocycles. The average molecular weight is 470 g/mol. The molecule has 0 atom stereocenters. The molecule has 0 aliphatic carbocycles. The number of hydrogen-bond donors (Lipinski definition) is 0. The Bertz CT molecular complexity index is 494. The lowest BCUT2D eigenvalue weighted by molar-refractivity contribution is 0.488. The smallest absolute Gasteiger partial charge is 0.178 e. The Hall–Kier alpha value is 0.310. The van der Waals surface area contributed by atoms with Gasteiger partial charge in [0.2, 0.25) is 0 Å². The normalized spacial score (nSPS) is 10.8. The van der Waals surface area contributed by atoms with Gasteiger partial charge in [-0.05, 0) is 33.9 Å². The summed E-state index contributed by atoms with van der Waals surface area (Å²) in [4.78, 5) is 1.29. The van der Waals surface area contributed by atoms with Crippen molar-refractivity contribution < 1.29 is 4.42 Å². The van der Waals surface area contributed by atoms with Crippen LogP contribution in [-0.2, 0) is 6.42 Å². The van der Waals surface area contributed by atoms with Crippen LogP contribution in [0.25, 0.3) is 0 Å². The van der Waals surface area contributed by atoms with E-state index < -0.39 is 0 Å². The quantitative estimate of drug-likeness (QED) is 0.451. The first-order valence-corrected chi connectivity index (χ1v) is 8.50. The van der Waals surface area contributed by atoms with E-state index in [1.807, 2.05) is 17.8 Å². The first kappa shape index (κ1) is 13.7. The van der Waals surface area contributed by atoms with Crippen LogP contribution in [0.15, 0.2) is 39.6 Å². The fourth-order valence-corrected chi connectivity index (χ4v) is 4.79. The van der Waals surface area contributed by atoms with Gasteiger partial charge < -0.3 is 4.42 Å². The number of halogens is 2. The molecule has 0 fully saturated rings. The van der Waals surface area contributed by atoms with Crippen LogP contribution in [-0.4, -0.2) is 5.75 Å². The van der Waals surface area contributed by atoms with Crippen LogP contribution in [0.3, 0.4) is 0 Å². The van der Waals surface area contributed by atoms with Crippen molar-refractivity contribution in [3.63, 3.8) is 0 Å². The lowest BCUT2D eigenvalue weighted by atomic mass is 10.1. The van der Waals surface area contributed by atoms with E-state index >= 15 is 0 Å². The Kier molecular flexibility index (Phi) is 5.23. The first-order valence-electron chi connectivity index (χ1n) is 5.35. The largest absolute Gasteiger partial charge is 0.453 e. The topological polar surface area (TPSA) is 13.1 Å². The van der Waals surface area contributed by atoms with Gasteiger partial charge in [-0.1, -0.05) is 37.3 Å². The highest BCUT2D eigenvalue weighted by Gasteiger charge is 2.16. The second-order valence-electron chi connectivity index (χ2n) is 3.54. The second kappa shape index (κ2) is 6.47. The highest BCUT2D eigenvalue weighted by Crippen LogP contribution is 2.35. The minimum absolute atomic E-state index is 0.874. The summed E-state index contributed by atoms with van der Waals surface area (Å²) in [7, 11) is 0. The van der Waals surface area contributed by atoms with Gasteiger partial charge in [0.15, 0.2) is 3.77 Å². The molecular weight excluding hydrogens is 458 g/mol. The highest BCUT2D eigenvalue weighted by atomic mass is 127. The Morgan fingerprint density at radius 2 is 1.88 bits per heavy atom. The van der Waals surface area contributed by atoms with Crippen molar-refractivity contribution in [3.05, 3.63) is 49.0 Å². The molecular formula is C13H12I2OS. The third-order valence-corrected chi connectivity index (χ3v) is 5.93. The van der Waals surface area contributed by atoms with Crippen LogP contribution >= 0.6 is 56.9 Å². The fourth-order valence-electron chi connectivity index (χ4n) is 1.57. The monoisotopic (exact) mass is 470 g/mol. The zero-order valence-electron chi connectivity index (χ0n) is 9.37. The molecule has 0 spiro atoms. The molecule has 17 heavy (non-hydrogen) atoms. The SMILES string of the molecule is CCSc1c(I)oc(Cc2ccccc2)c1I. The summed E-state index contributed by atoms with van der Waals surface area (Å²) in [6.45, 7) is 2.17. The van der Waals surface area contributed by atoms with Crippen LogP contribution in [0.2, 0.25) is 0 Å². The number of hydrogen-bond acceptors (Lipinski definition) is 2. The summed E-state index contributed by atoms with van der Waals surface area (Å²) in [6.07, 6.45) is 0.874. The van der Waals surface area contributed by atoms with E-state index in [4.69, 9.17) is 4.42 Å². The number of thioether (sulfide) groups is 1. The zero-order chi connectivity index (χ0) is 12.3. The predicted octanol–water partition coefficient (Wildman–Crippen LogP) is 5.19. The molecule has 0 amide bonds. The van der Waals surface area contributed by atoms with Crippen LogP contribution < -0.4 is 0 Å². The third kappa shape index (κ3) is 3.41. The van der Waals surface area contributed by atoms with E-state index in [2.05, 4.69) is 76.4 Å². The Balaban J connectivity index is 2.25. The number of furan rings is 1. The van der Waals surface area contributed by atoms with Gasteiger partial charge in [-0.15, -0.1) is 11.8 Å². The van der Waals surface area contributed by atoms with Crippen LogP contribution in [0, 0.1) is 7.34 Å². The van der Waals surface area contributed by atoms with Gasteiger partial charge in [-0.2, -0.15) is 0 Å². The maximum Gasteiger partial charge on any atom is 0.178 e. The van der Waals surface area contributed by atoms with E-state index in [-0.39, 0.29) is 0 Å². The summed E-state index contributed by atoms with van der Waals surface area (Å²) in [5, 5.41) is 0. The standard InChI is InChI=1S/C13H12I2OS/c1-2-17-12-11(14)10(16-13(12)15)8-9-6-4-3-5-7-9/h3-7H,2,8H2,1H3. The highest BCUT2D eigenvalue weighted by molar-refractivity contribution is 14.1. The molecule has 0 saturated carbocycles. The Morgan fingerprint density at radius 1 is 1.18 bits per heavy atom. The van der Waals surface area contributed by atoms with E-state index in [1.54, 1.807) is 0 Å². The number of benzene rings is 1. The first-order chi connectivity index (χ1) is 8.22. The molecule has 0 unspecified atom stereocenters. The van der Waals surface area contributed by atoms with Gasteiger partial charge in [0.1, 0.15) is 5.76 Å². The van der Waals surface area contributed by atoms with Crippen molar-refractivity contribution in [3.8, 4) is 0 Å². The lowest BCUT2D eigenvalue weighted by Gasteiger charge is -1.98. The Labute approximate surface area is 133 Å². The van der Waals surface area contributed by atoms with E-state index in [9.17, 15) is 0 Å².